The van der Waals surface area contributed by atoms with E-state index in [1.807, 2.05) is 0 Å². The Morgan fingerprint density at radius 1 is 1.33 bits per heavy atom. The molecule has 0 spiro atoms. The van der Waals surface area contributed by atoms with Crippen LogP contribution in [-0.2, 0) is 27.3 Å². The molecule has 0 aromatic carbocycles. The molecule has 9 heteroatoms. The molecular weight excluding hydrogens is 278 g/mol. The number of nitrogens with zero attached hydrogens (tertiary/aromatic N) is 4. The summed E-state index contributed by atoms with van der Waals surface area (Å²) in [5, 5.41) is 18.4. The number of aromatic nitrogens is 3. The lowest BCUT2D eigenvalue weighted by Crippen LogP contribution is -2.41. The first kappa shape index (κ1) is 15.1. The van der Waals surface area contributed by atoms with E-state index < -0.39 is 11.8 Å². The van der Waals surface area contributed by atoms with Crippen molar-refractivity contribution in [2.24, 2.45) is 0 Å². The Bertz CT molecular complexity index is 542. The minimum atomic E-state index is -0.521. The molecule has 0 atom stereocenters. The van der Waals surface area contributed by atoms with Gasteiger partial charge in [-0.15, -0.1) is 5.10 Å². The lowest BCUT2D eigenvalue weighted by atomic mass is 10.3. The molecule has 1 aromatic rings. The third-order valence-electron chi connectivity index (χ3n) is 3.04. The number of hydrogen-bond donors (Lipinski definition) is 2. The Kier molecular flexibility index (Phi) is 4.99. The van der Waals surface area contributed by atoms with Crippen LogP contribution in [0.3, 0.4) is 0 Å². The predicted octanol–water partition coefficient (Wildman–Crippen LogP) is -1.92. The van der Waals surface area contributed by atoms with Crippen LogP contribution in [-0.4, -0.2) is 62.4 Å². The number of imide groups is 1. The van der Waals surface area contributed by atoms with Crippen LogP contribution < -0.4 is 5.32 Å². The summed E-state index contributed by atoms with van der Waals surface area (Å²) in [6, 6.07) is 0. The normalized spacial score (nSPS) is 14.5. The van der Waals surface area contributed by atoms with Gasteiger partial charge in [0.2, 0.25) is 17.7 Å². The second kappa shape index (κ2) is 6.93. The number of hydrogen-bond acceptors (Lipinski definition) is 6. The number of rotatable bonds is 6. The first-order valence-electron chi connectivity index (χ1n) is 6.69. The van der Waals surface area contributed by atoms with Gasteiger partial charge >= 0.3 is 0 Å². The van der Waals surface area contributed by atoms with Gasteiger partial charge in [-0.25, -0.2) is 4.68 Å². The van der Waals surface area contributed by atoms with Gasteiger partial charge in [0.15, 0.2) is 0 Å². The second-order valence-electron chi connectivity index (χ2n) is 4.77. The Balaban J connectivity index is 1.77. The highest BCUT2D eigenvalue weighted by Gasteiger charge is 2.23. The molecule has 3 amide bonds. The molecule has 1 aliphatic heterocycles. The summed E-state index contributed by atoms with van der Waals surface area (Å²) in [4.78, 5) is 36.1. The van der Waals surface area contributed by atoms with Crippen molar-refractivity contribution in [2.75, 3.05) is 19.7 Å². The molecule has 2 rings (SSSR count). The summed E-state index contributed by atoms with van der Waals surface area (Å²) < 4.78 is 1.29. The molecule has 0 saturated carbocycles. The SMILES string of the molecule is O=C(CN1CCCC1=O)NC(=O)Cn1cc(CCO)nn1. The summed E-state index contributed by atoms with van der Waals surface area (Å²) in [6.07, 6.45) is 3.09. The standard InChI is InChI=1S/C12H17N5O4/c18-5-3-9-6-17(15-14-9)8-11(20)13-10(19)7-16-4-1-2-12(16)21/h6,18H,1-5,7-8H2,(H,13,19,20). The van der Waals surface area contributed by atoms with E-state index in [0.29, 0.717) is 25.1 Å². The Labute approximate surface area is 120 Å². The van der Waals surface area contributed by atoms with Gasteiger partial charge in [0, 0.05) is 32.2 Å². The van der Waals surface area contributed by atoms with Crippen LogP contribution in [0.2, 0.25) is 0 Å². The lowest BCUT2D eigenvalue weighted by molar-refractivity contribution is -0.136. The minimum absolute atomic E-state index is 0.0484. The quantitative estimate of drug-likeness (QED) is 0.631. The highest BCUT2D eigenvalue weighted by atomic mass is 16.3. The third-order valence-corrected chi connectivity index (χ3v) is 3.04. The van der Waals surface area contributed by atoms with Crippen molar-refractivity contribution in [3.8, 4) is 0 Å². The first-order chi connectivity index (χ1) is 10.1. The molecule has 114 valence electrons. The summed E-state index contributed by atoms with van der Waals surface area (Å²) in [5.74, 6) is -1.10. The van der Waals surface area contributed by atoms with Crippen LogP contribution in [0.15, 0.2) is 6.20 Å². The van der Waals surface area contributed by atoms with Crippen LogP contribution in [0, 0.1) is 0 Å². The highest BCUT2D eigenvalue weighted by Crippen LogP contribution is 2.08. The molecule has 0 bridgehead atoms. The molecule has 0 aliphatic carbocycles. The van der Waals surface area contributed by atoms with E-state index >= 15 is 0 Å². The van der Waals surface area contributed by atoms with Gasteiger partial charge in [0.25, 0.3) is 0 Å². The van der Waals surface area contributed by atoms with Crippen molar-refractivity contribution < 1.29 is 19.5 Å². The maximum absolute atomic E-state index is 11.7. The average Bonchev–Trinajstić information content (AvgIpc) is 3.00. The van der Waals surface area contributed by atoms with E-state index in [1.54, 1.807) is 0 Å². The molecule has 0 unspecified atom stereocenters. The molecule has 2 heterocycles. The summed E-state index contributed by atoms with van der Waals surface area (Å²) >= 11 is 0. The van der Waals surface area contributed by atoms with Gasteiger partial charge in [0.1, 0.15) is 6.54 Å². The highest BCUT2D eigenvalue weighted by molar-refractivity contribution is 5.97. The van der Waals surface area contributed by atoms with E-state index in [0.717, 1.165) is 6.42 Å². The first-order valence-corrected chi connectivity index (χ1v) is 6.69. The summed E-state index contributed by atoms with van der Waals surface area (Å²) in [5.41, 5.74) is 0.569. The average molecular weight is 295 g/mol. The van der Waals surface area contributed by atoms with E-state index in [-0.39, 0.29) is 25.6 Å². The topological polar surface area (TPSA) is 117 Å². The number of aliphatic hydroxyl groups is 1. The fraction of sp³-hybridized carbons (Fsp3) is 0.583. The van der Waals surface area contributed by atoms with Crippen molar-refractivity contribution in [1.29, 1.82) is 0 Å². The maximum atomic E-state index is 11.7. The largest absolute Gasteiger partial charge is 0.396 e. The van der Waals surface area contributed by atoms with Gasteiger partial charge in [0.05, 0.1) is 12.2 Å². The molecule has 21 heavy (non-hydrogen) atoms. The van der Waals surface area contributed by atoms with Gasteiger partial charge in [-0.2, -0.15) is 0 Å². The fourth-order valence-electron chi connectivity index (χ4n) is 2.07. The number of aliphatic hydroxyl groups excluding tert-OH is 1. The van der Waals surface area contributed by atoms with Crippen molar-refractivity contribution in [3.63, 3.8) is 0 Å². The molecular formula is C12H17N5O4. The molecule has 1 aliphatic rings. The smallest absolute Gasteiger partial charge is 0.248 e. The molecule has 1 saturated heterocycles. The van der Waals surface area contributed by atoms with Crippen LogP contribution in [0.25, 0.3) is 0 Å². The van der Waals surface area contributed by atoms with Crippen molar-refractivity contribution >= 4 is 17.7 Å². The van der Waals surface area contributed by atoms with Crippen LogP contribution in [0.4, 0.5) is 0 Å². The lowest BCUT2D eigenvalue weighted by Gasteiger charge is -2.14. The summed E-state index contributed by atoms with van der Waals surface area (Å²) in [6.45, 7) is 0.261. The van der Waals surface area contributed by atoms with E-state index in [1.165, 1.54) is 15.8 Å². The predicted molar refractivity (Wildman–Crippen MR) is 69.8 cm³/mol. The van der Waals surface area contributed by atoms with Gasteiger partial charge in [-0.3, -0.25) is 19.7 Å². The third kappa shape index (κ3) is 4.35. The summed E-state index contributed by atoms with van der Waals surface area (Å²) in [7, 11) is 0. The van der Waals surface area contributed by atoms with Crippen LogP contribution in [0.1, 0.15) is 18.5 Å². The molecule has 2 N–H and O–H groups in total. The molecule has 0 radical (unpaired) electrons. The van der Waals surface area contributed by atoms with Crippen LogP contribution >= 0.6 is 0 Å². The number of carbonyl (C=O) groups excluding carboxylic acids is 3. The zero-order chi connectivity index (χ0) is 15.2. The van der Waals surface area contributed by atoms with Gasteiger partial charge < -0.3 is 10.0 Å². The Morgan fingerprint density at radius 2 is 2.10 bits per heavy atom. The fourth-order valence-corrected chi connectivity index (χ4v) is 2.07. The van der Waals surface area contributed by atoms with Crippen molar-refractivity contribution in [1.82, 2.24) is 25.2 Å². The Hall–Kier alpha value is -2.29. The van der Waals surface area contributed by atoms with Crippen molar-refractivity contribution in [3.05, 3.63) is 11.9 Å². The van der Waals surface area contributed by atoms with E-state index in [2.05, 4.69) is 15.6 Å². The van der Waals surface area contributed by atoms with E-state index in [4.69, 9.17) is 5.11 Å². The zero-order valence-corrected chi connectivity index (χ0v) is 11.5. The Morgan fingerprint density at radius 3 is 2.76 bits per heavy atom. The monoisotopic (exact) mass is 295 g/mol. The zero-order valence-electron chi connectivity index (χ0n) is 11.5. The van der Waals surface area contributed by atoms with Crippen molar-refractivity contribution in [2.45, 2.75) is 25.8 Å². The minimum Gasteiger partial charge on any atom is -0.396 e. The molecule has 1 fully saturated rings. The number of likely N-dealkylation sites (tertiary alicyclic amines) is 1. The number of carbonyl (C=O) groups is 3. The second-order valence-corrected chi connectivity index (χ2v) is 4.77. The van der Waals surface area contributed by atoms with Gasteiger partial charge in [-0.05, 0) is 6.42 Å². The number of amides is 3. The molecule has 1 aromatic heterocycles. The maximum Gasteiger partial charge on any atom is 0.248 e. The number of nitrogens with one attached hydrogen (secondary N) is 1. The van der Waals surface area contributed by atoms with Gasteiger partial charge in [-0.1, -0.05) is 5.21 Å². The molecule has 9 nitrogen and oxygen atoms in total. The van der Waals surface area contributed by atoms with E-state index in [9.17, 15) is 14.4 Å². The van der Waals surface area contributed by atoms with Crippen LogP contribution in [0.5, 0.6) is 0 Å².